The van der Waals surface area contributed by atoms with Gasteiger partial charge in [0, 0.05) is 18.8 Å². The maximum Gasteiger partial charge on any atom is 0.292 e. The molecule has 0 aromatic heterocycles. The second-order valence-corrected chi connectivity index (χ2v) is 7.32. The van der Waals surface area contributed by atoms with Crippen LogP contribution in [0.2, 0.25) is 0 Å². The number of nitrogens with one attached hydrogen (secondary N) is 2. The summed E-state index contributed by atoms with van der Waals surface area (Å²) in [6.07, 6.45) is 0. The van der Waals surface area contributed by atoms with Gasteiger partial charge in [-0.15, -0.1) is 0 Å². The van der Waals surface area contributed by atoms with E-state index in [0.29, 0.717) is 5.69 Å². The first-order valence-electron chi connectivity index (χ1n) is 9.57. The molecular formula is C23H22N4O3S. The Labute approximate surface area is 185 Å². The van der Waals surface area contributed by atoms with Crippen LogP contribution in [-0.2, 0) is 4.79 Å². The number of amides is 1. The van der Waals surface area contributed by atoms with Crippen LogP contribution in [0.15, 0.2) is 78.9 Å². The van der Waals surface area contributed by atoms with E-state index in [1.807, 2.05) is 61.5 Å². The highest BCUT2D eigenvalue weighted by atomic mass is 32.1. The average Bonchev–Trinajstić information content (AvgIpc) is 2.76. The van der Waals surface area contributed by atoms with Crippen LogP contribution in [-0.4, -0.2) is 27.9 Å². The lowest BCUT2D eigenvalue weighted by Gasteiger charge is -2.30. The van der Waals surface area contributed by atoms with Crippen LogP contribution in [0, 0.1) is 17.0 Å². The first-order valence-corrected chi connectivity index (χ1v) is 9.98. The van der Waals surface area contributed by atoms with Crippen LogP contribution in [0.3, 0.4) is 0 Å². The lowest BCUT2D eigenvalue weighted by molar-refractivity contribution is -0.383. The summed E-state index contributed by atoms with van der Waals surface area (Å²) in [5.41, 5.74) is 2.54. The van der Waals surface area contributed by atoms with E-state index >= 15 is 0 Å². The van der Waals surface area contributed by atoms with E-state index < -0.39 is 11.0 Å². The van der Waals surface area contributed by atoms with Gasteiger partial charge in [0.15, 0.2) is 5.11 Å². The summed E-state index contributed by atoms with van der Waals surface area (Å²) < 4.78 is 0. The Hall–Kier alpha value is -3.78. The highest BCUT2D eigenvalue weighted by Gasteiger charge is 2.28. The van der Waals surface area contributed by atoms with Crippen LogP contribution < -0.4 is 10.6 Å². The van der Waals surface area contributed by atoms with Crippen molar-refractivity contribution in [3.63, 3.8) is 0 Å². The Morgan fingerprint density at radius 2 is 1.52 bits per heavy atom. The molecule has 8 heteroatoms. The number of nitro groups is 1. The van der Waals surface area contributed by atoms with Gasteiger partial charge in [0.2, 0.25) is 0 Å². The molecule has 0 radical (unpaired) electrons. The maximum atomic E-state index is 13.3. The number of hydrogen-bond donors (Lipinski definition) is 2. The van der Waals surface area contributed by atoms with E-state index in [4.69, 9.17) is 12.2 Å². The van der Waals surface area contributed by atoms with Crippen molar-refractivity contribution in [3.8, 4) is 0 Å². The van der Waals surface area contributed by atoms with Gasteiger partial charge in [0.1, 0.15) is 11.7 Å². The molecule has 0 aliphatic rings. The molecule has 3 rings (SSSR count). The molecule has 0 aliphatic heterocycles. The molecule has 0 fully saturated rings. The van der Waals surface area contributed by atoms with Gasteiger partial charge in [-0.2, -0.15) is 0 Å². The normalized spacial score (nSPS) is 11.3. The zero-order valence-electron chi connectivity index (χ0n) is 17.1. The zero-order valence-corrected chi connectivity index (χ0v) is 17.9. The molecule has 0 saturated carbocycles. The molecule has 3 aromatic carbocycles. The van der Waals surface area contributed by atoms with Crippen LogP contribution >= 0.6 is 12.2 Å². The van der Waals surface area contributed by atoms with Crippen molar-refractivity contribution in [1.29, 1.82) is 0 Å². The molecule has 0 bridgehead atoms. The number of likely N-dealkylation sites (N-methyl/N-ethyl adjacent to an activating group) is 1. The molecule has 31 heavy (non-hydrogen) atoms. The summed E-state index contributed by atoms with van der Waals surface area (Å²) in [4.78, 5) is 25.7. The number of nitro benzene ring substituents is 1. The molecule has 158 valence electrons. The fourth-order valence-electron chi connectivity index (χ4n) is 3.16. The monoisotopic (exact) mass is 434 g/mol. The second-order valence-electron chi connectivity index (χ2n) is 6.93. The molecule has 1 amide bonds. The van der Waals surface area contributed by atoms with Crippen molar-refractivity contribution in [2.45, 2.75) is 13.0 Å². The molecule has 0 aliphatic carbocycles. The molecule has 2 N–H and O–H groups in total. The van der Waals surface area contributed by atoms with Crippen LogP contribution in [0.5, 0.6) is 0 Å². The van der Waals surface area contributed by atoms with Gasteiger partial charge >= 0.3 is 0 Å². The van der Waals surface area contributed by atoms with Gasteiger partial charge in [-0.25, -0.2) is 0 Å². The van der Waals surface area contributed by atoms with Gasteiger partial charge in [-0.05, 0) is 42.4 Å². The zero-order chi connectivity index (χ0) is 22.4. The molecule has 0 saturated heterocycles. The van der Waals surface area contributed by atoms with Gasteiger partial charge in [0.25, 0.3) is 11.6 Å². The molecule has 1 atom stereocenters. The van der Waals surface area contributed by atoms with E-state index in [9.17, 15) is 14.9 Å². The first kappa shape index (κ1) is 21.9. The third kappa shape index (κ3) is 5.23. The fourth-order valence-corrected chi connectivity index (χ4v) is 3.37. The number of hydrogen-bond acceptors (Lipinski definition) is 4. The lowest BCUT2D eigenvalue weighted by Crippen LogP contribution is -2.40. The van der Waals surface area contributed by atoms with Gasteiger partial charge < -0.3 is 15.5 Å². The highest BCUT2D eigenvalue weighted by molar-refractivity contribution is 7.80. The van der Waals surface area contributed by atoms with E-state index in [2.05, 4.69) is 10.6 Å². The first-order chi connectivity index (χ1) is 14.9. The van der Waals surface area contributed by atoms with Crippen LogP contribution in [0.1, 0.15) is 17.2 Å². The minimum absolute atomic E-state index is 0.0983. The van der Waals surface area contributed by atoms with Gasteiger partial charge in [-0.1, -0.05) is 60.7 Å². The number of carbonyl (C=O) groups excluding carboxylic acids is 1. The van der Waals surface area contributed by atoms with E-state index in [1.165, 1.54) is 6.07 Å². The summed E-state index contributed by atoms with van der Waals surface area (Å²) in [7, 11) is 1.68. The Balaban J connectivity index is 1.89. The smallest absolute Gasteiger partial charge is 0.292 e. The topological polar surface area (TPSA) is 87.5 Å². The van der Waals surface area contributed by atoms with E-state index in [1.54, 1.807) is 30.1 Å². The molecule has 0 heterocycles. The summed E-state index contributed by atoms with van der Waals surface area (Å²) >= 11 is 5.50. The number of thiocarbonyl (C=S) groups is 1. The van der Waals surface area contributed by atoms with E-state index in [-0.39, 0.29) is 22.4 Å². The van der Waals surface area contributed by atoms with Gasteiger partial charge in [-0.3, -0.25) is 14.9 Å². The summed E-state index contributed by atoms with van der Waals surface area (Å²) in [5, 5.41) is 17.4. The Kier molecular flexibility index (Phi) is 6.94. The van der Waals surface area contributed by atoms with Crippen molar-refractivity contribution < 1.29 is 9.72 Å². The third-order valence-corrected chi connectivity index (χ3v) is 5.21. The number of nitrogens with zero attached hydrogens (tertiary/aromatic N) is 2. The Morgan fingerprint density at radius 1 is 0.935 bits per heavy atom. The lowest BCUT2D eigenvalue weighted by atomic mass is 10.0. The number of rotatable bonds is 6. The summed E-state index contributed by atoms with van der Waals surface area (Å²) in [6.45, 7) is 1.91. The number of carbonyl (C=O) groups is 1. The van der Waals surface area contributed by atoms with Crippen molar-refractivity contribution in [2.75, 3.05) is 17.7 Å². The van der Waals surface area contributed by atoms with Crippen molar-refractivity contribution in [3.05, 3.63) is 100 Å². The number of anilines is 2. The number of aryl methyl sites for hydroxylation is 1. The van der Waals surface area contributed by atoms with E-state index in [0.717, 1.165) is 11.1 Å². The number of para-hydroxylation sites is 3. The van der Waals surface area contributed by atoms with Crippen LogP contribution in [0.4, 0.5) is 17.1 Å². The molecular weight excluding hydrogens is 412 g/mol. The minimum atomic E-state index is -0.747. The predicted octanol–water partition coefficient (Wildman–Crippen LogP) is 4.91. The second kappa shape index (κ2) is 9.82. The van der Waals surface area contributed by atoms with Crippen molar-refractivity contribution >= 4 is 40.3 Å². The largest absolute Gasteiger partial charge is 0.336 e. The molecule has 1 unspecified atom stereocenters. The van der Waals surface area contributed by atoms with Gasteiger partial charge in [0.05, 0.1) is 4.92 Å². The quantitative estimate of drug-likeness (QED) is 0.326. The predicted molar refractivity (Wildman–Crippen MR) is 126 cm³/mol. The minimum Gasteiger partial charge on any atom is -0.336 e. The summed E-state index contributed by atoms with van der Waals surface area (Å²) in [6, 6.07) is 22.2. The molecule has 3 aromatic rings. The van der Waals surface area contributed by atoms with Crippen LogP contribution in [0.25, 0.3) is 0 Å². The standard InChI is InChI=1S/C23H22N4O3S/c1-16-10-6-7-13-18(16)24-22(28)21(17-11-4-3-5-12-17)26(2)23(31)25-19-14-8-9-15-20(19)27(29)30/h3-15,21H,1-2H3,(H,24,28)(H,25,31). The SMILES string of the molecule is Cc1ccccc1NC(=O)C(c1ccccc1)N(C)C(=S)Nc1ccccc1[N+](=O)[O-]. The Bertz CT molecular complexity index is 1100. The molecule has 7 nitrogen and oxygen atoms in total. The Morgan fingerprint density at radius 3 is 2.16 bits per heavy atom. The number of benzene rings is 3. The molecule has 0 spiro atoms. The maximum absolute atomic E-state index is 13.3. The fraction of sp³-hybridized carbons (Fsp3) is 0.130. The van der Waals surface area contributed by atoms with Crippen molar-refractivity contribution in [2.24, 2.45) is 0 Å². The summed E-state index contributed by atoms with van der Waals surface area (Å²) in [5.74, 6) is -0.269. The average molecular weight is 435 g/mol. The van der Waals surface area contributed by atoms with Crippen molar-refractivity contribution in [1.82, 2.24) is 4.90 Å². The highest BCUT2D eigenvalue weighted by Crippen LogP contribution is 2.27. The third-order valence-electron chi connectivity index (χ3n) is 4.82.